The van der Waals surface area contributed by atoms with Gasteiger partial charge in [-0.2, -0.15) is 0 Å². The van der Waals surface area contributed by atoms with Crippen LogP contribution in [0.2, 0.25) is 0 Å². The Hall–Kier alpha value is -1.68. The van der Waals surface area contributed by atoms with E-state index in [1.165, 1.54) is 11.3 Å². The second-order valence-corrected chi connectivity index (χ2v) is 4.91. The minimum Gasteiger partial charge on any atom is -0.375 e. The Morgan fingerprint density at radius 3 is 2.82 bits per heavy atom. The highest BCUT2D eigenvalue weighted by Gasteiger charge is 2.12. The third-order valence-electron chi connectivity index (χ3n) is 2.82. The van der Waals surface area contributed by atoms with E-state index in [1.54, 1.807) is 0 Å². The van der Waals surface area contributed by atoms with Gasteiger partial charge in [0.1, 0.15) is 0 Å². The average molecular weight is 246 g/mol. The summed E-state index contributed by atoms with van der Waals surface area (Å²) in [6.45, 7) is 3.98. The molecule has 0 saturated carbocycles. The van der Waals surface area contributed by atoms with Crippen LogP contribution in [0.5, 0.6) is 0 Å². The molecule has 1 heterocycles. The topological polar surface area (TPSA) is 56.0 Å². The average Bonchev–Trinajstić information content (AvgIpc) is 2.68. The van der Waals surface area contributed by atoms with Crippen LogP contribution in [-0.2, 0) is 6.42 Å². The third kappa shape index (κ3) is 2.53. The van der Waals surface area contributed by atoms with Crippen LogP contribution in [0, 0.1) is 13.8 Å². The minimum absolute atomic E-state index is 0.0940. The van der Waals surface area contributed by atoms with Crippen molar-refractivity contribution < 1.29 is 4.79 Å². The number of nitrogen functional groups attached to an aromatic ring is 1. The van der Waals surface area contributed by atoms with Gasteiger partial charge in [-0.1, -0.05) is 18.2 Å². The maximum absolute atomic E-state index is 12.1. The molecule has 0 aliphatic carbocycles. The molecule has 2 rings (SSSR count). The molecule has 1 aromatic carbocycles. The molecule has 1 aromatic heterocycles. The van der Waals surface area contributed by atoms with Crippen molar-refractivity contribution in [1.82, 2.24) is 4.98 Å². The monoisotopic (exact) mass is 246 g/mol. The first-order valence-electron chi connectivity index (χ1n) is 5.37. The van der Waals surface area contributed by atoms with Crippen molar-refractivity contribution in [3.05, 3.63) is 46.0 Å². The van der Waals surface area contributed by atoms with Crippen LogP contribution in [0.1, 0.15) is 27.2 Å². The highest BCUT2D eigenvalue weighted by Crippen LogP contribution is 2.17. The van der Waals surface area contributed by atoms with Crippen LogP contribution in [0.4, 0.5) is 5.13 Å². The minimum atomic E-state index is 0.0940. The number of hydrogen-bond acceptors (Lipinski definition) is 4. The van der Waals surface area contributed by atoms with E-state index < -0.39 is 0 Å². The van der Waals surface area contributed by atoms with Crippen LogP contribution >= 0.6 is 11.3 Å². The fourth-order valence-electron chi connectivity index (χ4n) is 1.72. The summed E-state index contributed by atoms with van der Waals surface area (Å²) in [6.07, 6.45) is 0.317. The lowest BCUT2D eigenvalue weighted by molar-refractivity contribution is 0.0991. The molecule has 3 nitrogen and oxygen atoms in total. The largest absolute Gasteiger partial charge is 0.375 e. The zero-order valence-corrected chi connectivity index (χ0v) is 10.7. The summed E-state index contributed by atoms with van der Waals surface area (Å²) in [5, 5.41) is 2.34. The maximum atomic E-state index is 12.1. The van der Waals surface area contributed by atoms with Gasteiger partial charge in [0, 0.05) is 10.9 Å². The van der Waals surface area contributed by atoms with Gasteiger partial charge in [-0.3, -0.25) is 4.79 Å². The van der Waals surface area contributed by atoms with Gasteiger partial charge in [0.2, 0.25) is 0 Å². The van der Waals surface area contributed by atoms with Crippen LogP contribution in [-0.4, -0.2) is 10.8 Å². The SMILES string of the molecule is Cc1cccc(C(=O)Cc2csc(N)n2)c1C. The van der Waals surface area contributed by atoms with E-state index >= 15 is 0 Å². The number of Topliss-reactive ketones (excluding diaryl/α,β-unsaturated/α-hetero) is 1. The first-order valence-corrected chi connectivity index (χ1v) is 6.25. The van der Waals surface area contributed by atoms with Gasteiger partial charge in [-0.05, 0) is 25.0 Å². The summed E-state index contributed by atoms with van der Waals surface area (Å²) in [7, 11) is 0. The zero-order valence-electron chi connectivity index (χ0n) is 9.86. The predicted molar refractivity (Wildman–Crippen MR) is 70.5 cm³/mol. The fourth-order valence-corrected chi connectivity index (χ4v) is 2.28. The molecular weight excluding hydrogens is 232 g/mol. The van der Waals surface area contributed by atoms with Gasteiger partial charge in [-0.15, -0.1) is 11.3 Å². The molecule has 0 aliphatic rings. The fraction of sp³-hybridized carbons (Fsp3) is 0.231. The van der Waals surface area contributed by atoms with E-state index in [9.17, 15) is 4.79 Å². The first kappa shape index (κ1) is 11.8. The molecular formula is C13H14N2OS. The molecule has 2 N–H and O–H groups in total. The molecule has 0 unspecified atom stereocenters. The molecule has 0 amide bonds. The van der Waals surface area contributed by atoms with Gasteiger partial charge in [0.15, 0.2) is 10.9 Å². The van der Waals surface area contributed by atoms with Gasteiger partial charge < -0.3 is 5.73 Å². The smallest absolute Gasteiger partial charge is 0.180 e. The number of ketones is 1. The molecule has 0 atom stereocenters. The van der Waals surface area contributed by atoms with Crippen molar-refractivity contribution in [3.63, 3.8) is 0 Å². The van der Waals surface area contributed by atoms with E-state index in [0.29, 0.717) is 11.6 Å². The first-order chi connectivity index (χ1) is 8.08. The number of nitrogens with zero attached hydrogens (tertiary/aromatic N) is 1. The van der Waals surface area contributed by atoms with Gasteiger partial charge in [0.05, 0.1) is 12.1 Å². The number of carbonyl (C=O) groups excluding carboxylic acids is 1. The number of aromatic nitrogens is 1. The van der Waals surface area contributed by atoms with Crippen molar-refractivity contribution in [3.8, 4) is 0 Å². The number of nitrogens with two attached hydrogens (primary N) is 1. The standard InChI is InChI=1S/C13H14N2OS/c1-8-4-3-5-11(9(8)2)12(16)6-10-7-17-13(14)15-10/h3-5,7H,6H2,1-2H3,(H2,14,15). The molecule has 17 heavy (non-hydrogen) atoms. The van der Waals surface area contributed by atoms with Gasteiger partial charge >= 0.3 is 0 Å². The van der Waals surface area contributed by atoms with Gasteiger partial charge in [0.25, 0.3) is 0 Å². The molecule has 0 spiro atoms. The Labute approximate surface area is 104 Å². The highest BCUT2D eigenvalue weighted by molar-refractivity contribution is 7.13. The van der Waals surface area contributed by atoms with Crippen molar-refractivity contribution >= 4 is 22.3 Å². The number of benzene rings is 1. The summed E-state index contributed by atoms with van der Waals surface area (Å²) >= 11 is 1.36. The lowest BCUT2D eigenvalue weighted by Crippen LogP contribution is -2.06. The zero-order chi connectivity index (χ0) is 12.4. The van der Waals surface area contributed by atoms with Crippen LogP contribution in [0.3, 0.4) is 0 Å². The van der Waals surface area contributed by atoms with Crippen LogP contribution in [0.25, 0.3) is 0 Å². The number of hydrogen-bond donors (Lipinski definition) is 1. The number of thiazole rings is 1. The molecule has 2 aromatic rings. The number of rotatable bonds is 3. The van der Waals surface area contributed by atoms with Gasteiger partial charge in [-0.25, -0.2) is 4.98 Å². The van der Waals surface area contributed by atoms with Crippen molar-refractivity contribution in [2.24, 2.45) is 0 Å². The van der Waals surface area contributed by atoms with Crippen molar-refractivity contribution in [1.29, 1.82) is 0 Å². The highest BCUT2D eigenvalue weighted by atomic mass is 32.1. The quantitative estimate of drug-likeness (QED) is 0.847. The normalized spacial score (nSPS) is 10.5. The van der Waals surface area contributed by atoms with Crippen LogP contribution < -0.4 is 5.73 Å². The molecule has 0 saturated heterocycles. The Balaban J connectivity index is 2.23. The Bertz CT molecular complexity index is 560. The Morgan fingerprint density at radius 1 is 1.41 bits per heavy atom. The molecule has 0 bridgehead atoms. The number of carbonyl (C=O) groups is 1. The van der Waals surface area contributed by atoms with E-state index in [2.05, 4.69) is 4.98 Å². The predicted octanol–water partition coefficient (Wildman–Crippen LogP) is 2.77. The lowest BCUT2D eigenvalue weighted by atomic mass is 9.98. The molecule has 0 aliphatic heterocycles. The van der Waals surface area contributed by atoms with E-state index in [-0.39, 0.29) is 5.78 Å². The van der Waals surface area contributed by atoms with Crippen molar-refractivity contribution in [2.45, 2.75) is 20.3 Å². The van der Waals surface area contributed by atoms with Crippen LogP contribution in [0.15, 0.2) is 23.6 Å². The second-order valence-electron chi connectivity index (χ2n) is 4.02. The summed E-state index contributed by atoms with van der Waals surface area (Å²) in [6, 6.07) is 5.78. The maximum Gasteiger partial charge on any atom is 0.180 e. The summed E-state index contributed by atoms with van der Waals surface area (Å²) in [5.41, 5.74) is 9.24. The Kier molecular flexibility index (Phi) is 3.24. The van der Waals surface area contributed by atoms with E-state index in [4.69, 9.17) is 5.73 Å². The number of anilines is 1. The lowest BCUT2D eigenvalue weighted by Gasteiger charge is -2.06. The second kappa shape index (κ2) is 4.67. The third-order valence-corrected chi connectivity index (χ3v) is 3.54. The summed E-state index contributed by atoms with van der Waals surface area (Å²) in [5.74, 6) is 0.0940. The Morgan fingerprint density at radius 2 is 2.18 bits per heavy atom. The van der Waals surface area contributed by atoms with Crippen molar-refractivity contribution in [2.75, 3.05) is 5.73 Å². The number of aryl methyl sites for hydroxylation is 1. The summed E-state index contributed by atoms with van der Waals surface area (Å²) in [4.78, 5) is 16.2. The molecule has 4 heteroatoms. The molecule has 0 radical (unpaired) electrons. The molecule has 0 fully saturated rings. The summed E-state index contributed by atoms with van der Waals surface area (Å²) < 4.78 is 0. The molecule has 88 valence electrons. The van der Waals surface area contributed by atoms with E-state index in [1.807, 2.05) is 37.4 Å². The van der Waals surface area contributed by atoms with E-state index in [0.717, 1.165) is 22.4 Å².